The topological polar surface area (TPSA) is 100 Å². The standard InChI is InChI=1S/C33H35F2N5O3S/c1-7-16-39(27(42)9-3)20(6)18-36-31-22-17-24(35)29(28-23(34)13-11-14-25(28)41)37-32(22)40(33(43)38-31)30-21(8-2)12-10-15-26(30)44-19(4)5/h9-15,17-19,41H,3,7-8,16H2,1-2,4-6H3,(H,36,38,43)/b20-18-. The Morgan fingerprint density at radius 1 is 1.16 bits per heavy atom. The van der Waals surface area contributed by atoms with Gasteiger partial charge in [-0.15, -0.1) is 11.8 Å². The van der Waals surface area contributed by atoms with Crippen molar-refractivity contribution in [2.45, 2.75) is 57.6 Å². The summed E-state index contributed by atoms with van der Waals surface area (Å²) in [5.74, 6) is -2.61. The number of phenols is 1. The van der Waals surface area contributed by atoms with Crippen molar-refractivity contribution < 1.29 is 18.7 Å². The number of nitrogens with zero attached hydrogens (tertiary/aromatic N) is 4. The molecule has 2 aromatic carbocycles. The Morgan fingerprint density at radius 3 is 2.52 bits per heavy atom. The van der Waals surface area contributed by atoms with Crippen LogP contribution in [0, 0.1) is 11.6 Å². The van der Waals surface area contributed by atoms with Crippen molar-refractivity contribution in [1.82, 2.24) is 19.4 Å². The first-order valence-electron chi connectivity index (χ1n) is 14.3. The predicted molar refractivity (Wildman–Crippen MR) is 172 cm³/mol. The van der Waals surface area contributed by atoms with E-state index >= 15 is 4.39 Å². The normalized spacial score (nSPS) is 11.7. The average Bonchev–Trinajstić information content (AvgIpc) is 2.98. The average molecular weight is 620 g/mol. The van der Waals surface area contributed by atoms with Crippen LogP contribution >= 0.6 is 11.8 Å². The van der Waals surface area contributed by atoms with Gasteiger partial charge in [0.25, 0.3) is 0 Å². The van der Waals surface area contributed by atoms with E-state index in [1.165, 1.54) is 33.9 Å². The molecule has 1 amide bonds. The second-order valence-electron chi connectivity index (χ2n) is 10.3. The molecule has 0 unspecified atom stereocenters. The molecule has 4 aromatic rings. The summed E-state index contributed by atoms with van der Waals surface area (Å²) in [5, 5.41) is 13.7. The summed E-state index contributed by atoms with van der Waals surface area (Å²) in [6, 6.07) is 10.4. The first kappa shape index (κ1) is 32.4. The van der Waals surface area contributed by atoms with Gasteiger partial charge in [0, 0.05) is 28.6 Å². The number of pyridine rings is 1. The molecule has 0 aliphatic carbocycles. The molecule has 0 bridgehead atoms. The number of allylic oxidation sites excluding steroid dienone is 1. The summed E-state index contributed by atoms with van der Waals surface area (Å²) < 4.78 is 32.1. The number of aryl methyl sites for hydroxylation is 1. The second kappa shape index (κ2) is 13.9. The number of carbonyl (C=O) groups is 1. The fraction of sp³-hybridized carbons (Fsp3) is 0.273. The van der Waals surface area contributed by atoms with E-state index in [2.05, 4.69) is 21.9 Å². The maximum Gasteiger partial charge on any atom is 0.355 e. The van der Waals surface area contributed by atoms with Crippen LogP contribution in [0.2, 0.25) is 0 Å². The number of nitrogens with one attached hydrogen (secondary N) is 1. The summed E-state index contributed by atoms with van der Waals surface area (Å²) in [5.41, 5.74) is 0.322. The van der Waals surface area contributed by atoms with Crippen molar-refractivity contribution in [2.24, 2.45) is 0 Å². The predicted octanol–water partition coefficient (Wildman–Crippen LogP) is 7.19. The molecule has 2 aromatic heterocycles. The molecule has 0 saturated heterocycles. The zero-order valence-electron chi connectivity index (χ0n) is 25.3. The van der Waals surface area contributed by atoms with Gasteiger partial charge in [-0.3, -0.25) is 4.79 Å². The summed E-state index contributed by atoms with van der Waals surface area (Å²) in [4.78, 5) is 37.4. The van der Waals surface area contributed by atoms with Crippen LogP contribution < -0.4 is 11.0 Å². The highest BCUT2D eigenvalue weighted by Gasteiger charge is 2.24. The van der Waals surface area contributed by atoms with E-state index in [9.17, 15) is 19.1 Å². The number of carbonyl (C=O) groups excluding carboxylic acids is 1. The Labute approximate surface area is 259 Å². The van der Waals surface area contributed by atoms with Gasteiger partial charge in [-0.1, -0.05) is 52.5 Å². The minimum absolute atomic E-state index is 0.00847. The molecule has 0 aliphatic rings. The molecule has 0 atom stereocenters. The molecule has 11 heteroatoms. The van der Waals surface area contributed by atoms with Crippen molar-refractivity contribution in [2.75, 3.05) is 11.9 Å². The maximum atomic E-state index is 15.8. The molecule has 230 valence electrons. The van der Waals surface area contributed by atoms with Gasteiger partial charge in [-0.2, -0.15) is 4.98 Å². The number of para-hydroxylation sites is 1. The van der Waals surface area contributed by atoms with E-state index in [1.54, 1.807) is 18.7 Å². The monoisotopic (exact) mass is 619 g/mol. The Hall–Kier alpha value is -4.51. The minimum Gasteiger partial charge on any atom is -0.507 e. The van der Waals surface area contributed by atoms with E-state index in [1.807, 2.05) is 45.9 Å². The summed E-state index contributed by atoms with van der Waals surface area (Å²) in [6.45, 7) is 13.6. The largest absolute Gasteiger partial charge is 0.507 e. The third-order valence-corrected chi connectivity index (χ3v) is 7.89. The highest BCUT2D eigenvalue weighted by molar-refractivity contribution is 8.00. The van der Waals surface area contributed by atoms with Crippen molar-refractivity contribution >= 4 is 34.5 Å². The minimum atomic E-state index is -0.927. The number of phenolic OH excluding ortho intramolecular Hbond substituents is 1. The van der Waals surface area contributed by atoms with Crippen LogP contribution in [0.4, 0.5) is 14.6 Å². The number of rotatable bonds is 11. The van der Waals surface area contributed by atoms with E-state index < -0.39 is 34.3 Å². The molecule has 2 N–H and O–H groups in total. The number of hydrogen-bond acceptors (Lipinski definition) is 7. The number of aromatic nitrogens is 3. The quantitative estimate of drug-likeness (QED) is 0.135. The molecule has 8 nitrogen and oxygen atoms in total. The number of hydrogen-bond donors (Lipinski definition) is 2. The van der Waals surface area contributed by atoms with Crippen molar-refractivity contribution in [1.29, 1.82) is 0 Å². The first-order valence-corrected chi connectivity index (χ1v) is 15.2. The van der Waals surface area contributed by atoms with Crippen LogP contribution in [-0.4, -0.2) is 42.2 Å². The van der Waals surface area contributed by atoms with Crippen molar-refractivity contribution in [3.63, 3.8) is 0 Å². The maximum absolute atomic E-state index is 15.8. The lowest BCUT2D eigenvalue weighted by atomic mass is 10.1. The van der Waals surface area contributed by atoms with Gasteiger partial charge in [0.2, 0.25) is 5.91 Å². The molecule has 2 heterocycles. The van der Waals surface area contributed by atoms with Gasteiger partial charge >= 0.3 is 5.69 Å². The molecular formula is C33H35F2N5O3S. The zero-order valence-corrected chi connectivity index (χ0v) is 26.1. The van der Waals surface area contributed by atoms with E-state index in [-0.39, 0.29) is 28.0 Å². The Morgan fingerprint density at radius 2 is 1.89 bits per heavy atom. The van der Waals surface area contributed by atoms with Crippen LogP contribution in [0.15, 0.2) is 76.7 Å². The Kier molecular flexibility index (Phi) is 10.2. The number of thioether (sulfide) groups is 1. The van der Waals surface area contributed by atoms with Gasteiger partial charge in [-0.05, 0) is 55.7 Å². The SMILES string of the molecule is C=CC(=O)N(CCC)/C(C)=C\Nc1nc(=O)n(-c2c(CC)cccc2SC(C)C)c2nc(-c3c(O)cccc3F)c(F)cc12. The molecule has 0 saturated carbocycles. The molecule has 0 fully saturated rings. The third kappa shape index (κ3) is 6.52. The molecule has 0 aliphatic heterocycles. The Balaban J connectivity index is 2.07. The lowest BCUT2D eigenvalue weighted by Crippen LogP contribution is -2.29. The third-order valence-electron chi connectivity index (χ3n) is 6.83. The van der Waals surface area contributed by atoms with E-state index in [4.69, 9.17) is 0 Å². The lowest BCUT2D eigenvalue weighted by molar-refractivity contribution is -0.124. The summed E-state index contributed by atoms with van der Waals surface area (Å²) in [6.07, 6.45) is 3.97. The molecular weight excluding hydrogens is 584 g/mol. The van der Waals surface area contributed by atoms with Gasteiger partial charge in [-0.25, -0.2) is 23.1 Å². The zero-order chi connectivity index (χ0) is 32.1. The molecule has 0 radical (unpaired) electrons. The highest BCUT2D eigenvalue weighted by atomic mass is 32.2. The summed E-state index contributed by atoms with van der Waals surface area (Å²) >= 11 is 1.55. The lowest BCUT2D eigenvalue weighted by Gasteiger charge is -2.22. The number of fused-ring (bicyclic) bond motifs is 1. The highest BCUT2D eigenvalue weighted by Crippen LogP contribution is 2.37. The van der Waals surface area contributed by atoms with E-state index in [0.29, 0.717) is 30.8 Å². The number of halogens is 2. The van der Waals surface area contributed by atoms with E-state index in [0.717, 1.165) is 22.6 Å². The van der Waals surface area contributed by atoms with Crippen LogP contribution in [-0.2, 0) is 11.2 Å². The fourth-order valence-electron chi connectivity index (χ4n) is 4.86. The van der Waals surface area contributed by atoms with Gasteiger partial charge < -0.3 is 15.3 Å². The number of anilines is 1. The smallest absolute Gasteiger partial charge is 0.355 e. The molecule has 44 heavy (non-hydrogen) atoms. The Bertz CT molecular complexity index is 1800. The number of aromatic hydroxyl groups is 1. The van der Waals surface area contributed by atoms with Crippen molar-refractivity contribution in [3.8, 4) is 22.7 Å². The van der Waals surface area contributed by atoms with Gasteiger partial charge in [0.15, 0.2) is 11.5 Å². The van der Waals surface area contributed by atoms with Crippen molar-refractivity contribution in [3.05, 3.63) is 94.7 Å². The van der Waals surface area contributed by atoms with Crippen LogP contribution in [0.25, 0.3) is 28.0 Å². The summed E-state index contributed by atoms with van der Waals surface area (Å²) in [7, 11) is 0. The van der Waals surface area contributed by atoms with Gasteiger partial charge in [0.1, 0.15) is 23.1 Å². The van der Waals surface area contributed by atoms with Crippen LogP contribution in [0.1, 0.15) is 46.6 Å². The second-order valence-corrected chi connectivity index (χ2v) is 11.9. The van der Waals surface area contributed by atoms with Gasteiger partial charge in [0.05, 0.1) is 16.6 Å². The molecule has 4 rings (SSSR count). The van der Waals surface area contributed by atoms with Crippen LogP contribution in [0.5, 0.6) is 5.75 Å². The first-order chi connectivity index (χ1) is 21.0. The number of benzene rings is 2. The fourth-order valence-corrected chi connectivity index (χ4v) is 5.85. The number of amides is 1. The van der Waals surface area contributed by atoms with Crippen LogP contribution in [0.3, 0.4) is 0 Å². The molecule has 0 spiro atoms.